The summed E-state index contributed by atoms with van der Waals surface area (Å²) in [5, 5.41) is 13.9. The molecular formula is C50H99N2O6P. The van der Waals surface area contributed by atoms with Crippen LogP contribution >= 0.6 is 7.82 Å². The first-order valence-electron chi connectivity index (χ1n) is 25.2. The van der Waals surface area contributed by atoms with Gasteiger partial charge in [0.1, 0.15) is 13.2 Å². The molecule has 0 aliphatic carbocycles. The summed E-state index contributed by atoms with van der Waals surface area (Å²) >= 11 is 0. The minimum Gasteiger partial charge on any atom is -0.756 e. The fourth-order valence-corrected chi connectivity index (χ4v) is 8.15. The van der Waals surface area contributed by atoms with Gasteiger partial charge in [-0.2, -0.15) is 0 Å². The Hall–Kier alpha value is -1.02. The van der Waals surface area contributed by atoms with Gasteiger partial charge in [-0.25, -0.2) is 0 Å². The van der Waals surface area contributed by atoms with Crippen molar-refractivity contribution < 1.29 is 32.9 Å². The second-order valence-corrected chi connectivity index (χ2v) is 19.9. The lowest BCUT2D eigenvalue weighted by atomic mass is 10.0. The first-order valence-corrected chi connectivity index (χ1v) is 26.6. The highest BCUT2D eigenvalue weighted by molar-refractivity contribution is 7.45. The standard InChI is InChI=1S/C50H99N2O6P/c1-6-8-10-12-14-16-18-19-20-21-22-23-24-25-26-27-28-29-30-31-32-33-34-36-38-40-42-44-50(54)51-48(47-58-59(55,56)57-46-45-52(3,4)5)49(53)43-41-39-37-35-17-15-13-11-9-7-2/h22-23,25-26,48-49,53H,6-21,24,27-47H2,1-5H3,(H-,51,54,55,56)/b23-22-,26-25-. The van der Waals surface area contributed by atoms with Crippen LogP contribution in [0.4, 0.5) is 0 Å². The van der Waals surface area contributed by atoms with Crippen LogP contribution in [0.1, 0.15) is 239 Å². The number of hydrogen-bond donors (Lipinski definition) is 2. The maximum atomic E-state index is 12.9. The average molecular weight is 855 g/mol. The number of quaternary nitrogens is 1. The molecule has 0 spiro atoms. The third kappa shape index (κ3) is 44.8. The van der Waals surface area contributed by atoms with Crippen LogP contribution in [-0.4, -0.2) is 68.5 Å². The summed E-state index contributed by atoms with van der Waals surface area (Å²) < 4.78 is 23.3. The highest BCUT2D eigenvalue weighted by Gasteiger charge is 2.24. The van der Waals surface area contributed by atoms with Crippen molar-refractivity contribution in [1.82, 2.24) is 5.32 Å². The van der Waals surface area contributed by atoms with E-state index in [1.165, 1.54) is 167 Å². The number of unbranched alkanes of at least 4 members (excludes halogenated alkanes) is 29. The van der Waals surface area contributed by atoms with Crippen LogP contribution in [-0.2, 0) is 18.4 Å². The summed E-state index contributed by atoms with van der Waals surface area (Å²) in [5.41, 5.74) is 0. The molecule has 9 heteroatoms. The van der Waals surface area contributed by atoms with E-state index in [0.29, 0.717) is 23.9 Å². The second-order valence-electron chi connectivity index (χ2n) is 18.5. The van der Waals surface area contributed by atoms with Gasteiger partial charge in [-0.3, -0.25) is 9.36 Å². The molecule has 0 rings (SSSR count). The first kappa shape index (κ1) is 58.0. The van der Waals surface area contributed by atoms with E-state index in [1.807, 2.05) is 21.1 Å². The molecule has 0 aliphatic heterocycles. The van der Waals surface area contributed by atoms with Crippen molar-refractivity contribution in [2.75, 3.05) is 40.9 Å². The molecule has 0 fully saturated rings. The molecule has 0 saturated heterocycles. The first-order chi connectivity index (χ1) is 28.5. The second kappa shape index (κ2) is 42.3. The van der Waals surface area contributed by atoms with Crippen molar-refractivity contribution in [3.63, 3.8) is 0 Å². The van der Waals surface area contributed by atoms with Crippen molar-refractivity contribution in [1.29, 1.82) is 0 Å². The van der Waals surface area contributed by atoms with Crippen LogP contribution < -0.4 is 10.2 Å². The van der Waals surface area contributed by atoms with E-state index in [0.717, 1.165) is 44.9 Å². The summed E-state index contributed by atoms with van der Waals surface area (Å²) in [6.45, 7) is 4.71. The number of allylic oxidation sites excluding steroid dienone is 4. The quantitative estimate of drug-likeness (QED) is 0.0273. The largest absolute Gasteiger partial charge is 0.756 e. The Morgan fingerprint density at radius 3 is 1.41 bits per heavy atom. The molecule has 3 atom stereocenters. The Morgan fingerprint density at radius 2 is 0.983 bits per heavy atom. The van der Waals surface area contributed by atoms with E-state index in [2.05, 4.69) is 43.5 Å². The fourth-order valence-electron chi connectivity index (χ4n) is 7.42. The summed E-state index contributed by atoms with van der Waals surface area (Å²) in [6, 6.07) is -0.798. The lowest BCUT2D eigenvalue weighted by molar-refractivity contribution is -0.870. The number of rotatable bonds is 46. The van der Waals surface area contributed by atoms with Crippen LogP contribution in [0.3, 0.4) is 0 Å². The molecule has 3 unspecified atom stereocenters. The molecule has 59 heavy (non-hydrogen) atoms. The summed E-state index contributed by atoms with van der Waals surface area (Å²) in [7, 11) is 1.31. The van der Waals surface area contributed by atoms with Crippen LogP contribution in [0.15, 0.2) is 24.3 Å². The topological polar surface area (TPSA) is 108 Å². The molecule has 0 aromatic heterocycles. The Balaban J connectivity index is 4.09. The molecule has 0 aromatic carbocycles. The number of likely N-dealkylation sites (N-methyl/N-ethyl adjacent to an activating group) is 1. The highest BCUT2D eigenvalue weighted by Crippen LogP contribution is 2.38. The molecule has 0 bridgehead atoms. The van der Waals surface area contributed by atoms with Crippen LogP contribution in [0.2, 0.25) is 0 Å². The van der Waals surface area contributed by atoms with E-state index in [-0.39, 0.29) is 19.1 Å². The van der Waals surface area contributed by atoms with E-state index in [1.54, 1.807) is 0 Å². The number of carbonyl (C=O) groups is 1. The number of amides is 1. The Bertz CT molecular complexity index is 1020. The molecule has 350 valence electrons. The predicted octanol–water partition coefficient (Wildman–Crippen LogP) is 13.8. The molecule has 0 heterocycles. The molecule has 2 N–H and O–H groups in total. The fraction of sp³-hybridized carbons (Fsp3) is 0.900. The molecular weight excluding hydrogens is 756 g/mol. The van der Waals surface area contributed by atoms with E-state index < -0.39 is 20.0 Å². The molecule has 0 aliphatic rings. The number of phosphoric acid groups is 1. The number of carbonyl (C=O) groups excluding carboxylic acids is 1. The Kier molecular flexibility index (Phi) is 41.6. The minimum atomic E-state index is -4.56. The zero-order valence-electron chi connectivity index (χ0n) is 39.7. The number of phosphoric ester groups is 1. The van der Waals surface area contributed by atoms with Crippen LogP contribution in [0.25, 0.3) is 0 Å². The summed E-state index contributed by atoms with van der Waals surface area (Å²) in [5.74, 6) is -0.167. The van der Waals surface area contributed by atoms with Gasteiger partial charge < -0.3 is 28.8 Å². The van der Waals surface area contributed by atoms with Crippen LogP contribution in [0.5, 0.6) is 0 Å². The predicted molar refractivity (Wildman–Crippen MR) is 252 cm³/mol. The molecule has 0 aromatic rings. The maximum absolute atomic E-state index is 12.9. The third-order valence-electron chi connectivity index (χ3n) is 11.4. The average Bonchev–Trinajstić information content (AvgIpc) is 3.19. The van der Waals surface area contributed by atoms with Crippen molar-refractivity contribution in [3.8, 4) is 0 Å². The minimum absolute atomic E-state index is 0.0124. The third-order valence-corrected chi connectivity index (χ3v) is 12.4. The van der Waals surface area contributed by atoms with Crippen molar-refractivity contribution in [2.45, 2.75) is 251 Å². The molecule has 0 radical (unpaired) electrons. The van der Waals surface area contributed by atoms with Gasteiger partial charge in [0, 0.05) is 6.42 Å². The number of nitrogens with one attached hydrogen (secondary N) is 1. The lowest BCUT2D eigenvalue weighted by Crippen LogP contribution is -2.46. The summed E-state index contributed by atoms with van der Waals surface area (Å²) in [6.07, 6.45) is 50.6. The normalized spacial score (nSPS) is 14.4. The van der Waals surface area contributed by atoms with Gasteiger partial charge in [0.25, 0.3) is 7.82 Å². The number of aliphatic hydroxyl groups is 1. The lowest BCUT2D eigenvalue weighted by Gasteiger charge is -2.30. The monoisotopic (exact) mass is 855 g/mol. The zero-order chi connectivity index (χ0) is 43.6. The zero-order valence-corrected chi connectivity index (χ0v) is 40.6. The SMILES string of the molecule is CCCCCCCCCCC/C=C\C/C=C\CCCCCCCCCCCCCC(=O)NC(COP(=O)([O-])OCC[N+](C)(C)C)C(O)CCCCCCCCCCCC. The van der Waals surface area contributed by atoms with E-state index in [4.69, 9.17) is 9.05 Å². The van der Waals surface area contributed by atoms with Crippen molar-refractivity contribution >= 4 is 13.7 Å². The van der Waals surface area contributed by atoms with Crippen molar-refractivity contribution in [2.24, 2.45) is 0 Å². The van der Waals surface area contributed by atoms with Gasteiger partial charge >= 0.3 is 0 Å². The van der Waals surface area contributed by atoms with Gasteiger partial charge in [0.2, 0.25) is 5.91 Å². The van der Waals surface area contributed by atoms with E-state index >= 15 is 0 Å². The van der Waals surface area contributed by atoms with Crippen LogP contribution in [0, 0.1) is 0 Å². The van der Waals surface area contributed by atoms with Gasteiger partial charge in [-0.05, 0) is 44.9 Å². The number of hydrogen-bond acceptors (Lipinski definition) is 6. The smallest absolute Gasteiger partial charge is 0.268 e. The number of nitrogens with zero attached hydrogens (tertiary/aromatic N) is 1. The highest BCUT2D eigenvalue weighted by atomic mass is 31.2. The molecule has 8 nitrogen and oxygen atoms in total. The van der Waals surface area contributed by atoms with E-state index in [9.17, 15) is 19.4 Å². The number of aliphatic hydroxyl groups excluding tert-OH is 1. The Morgan fingerprint density at radius 1 is 0.593 bits per heavy atom. The molecule has 1 amide bonds. The van der Waals surface area contributed by atoms with Gasteiger partial charge in [-0.1, -0.05) is 212 Å². The van der Waals surface area contributed by atoms with Gasteiger partial charge in [0.05, 0.1) is 39.9 Å². The molecule has 0 saturated carbocycles. The Labute approximate surface area is 366 Å². The van der Waals surface area contributed by atoms with Crippen molar-refractivity contribution in [3.05, 3.63) is 24.3 Å². The maximum Gasteiger partial charge on any atom is 0.268 e. The van der Waals surface area contributed by atoms with Gasteiger partial charge in [-0.15, -0.1) is 0 Å². The van der Waals surface area contributed by atoms with Gasteiger partial charge in [0.15, 0.2) is 0 Å². The summed E-state index contributed by atoms with van der Waals surface area (Å²) in [4.78, 5) is 25.3.